The van der Waals surface area contributed by atoms with E-state index in [2.05, 4.69) is 52.8 Å². The Labute approximate surface area is 121 Å². The molecule has 2 rings (SSSR count). The monoisotopic (exact) mass is 330 g/mol. The molecule has 0 aromatic carbocycles. The maximum Gasteiger partial charge on any atom is 0.0705 e. The second-order valence-corrected chi connectivity index (χ2v) is 8.30. The molecule has 1 atom stereocenters. The van der Waals surface area contributed by atoms with Crippen molar-refractivity contribution in [3.05, 3.63) is 26.9 Å². The highest BCUT2D eigenvalue weighted by Gasteiger charge is 2.19. The Balaban J connectivity index is 1.75. The molecule has 0 nitrogen and oxygen atoms in total. The van der Waals surface area contributed by atoms with E-state index in [1.54, 1.807) is 0 Å². The standard InChI is InChI=1S/C14H19BrS2/c1-2-3-4-5-6-11-7-8-12(16-11)13-9-10-14(15)17-13/h8-11H,2-7H2,1H3. The maximum atomic E-state index is 3.54. The lowest BCUT2D eigenvalue weighted by molar-refractivity contribution is 0.621. The summed E-state index contributed by atoms with van der Waals surface area (Å²) in [6, 6.07) is 4.38. The van der Waals surface area contributed by atoms with Crippen LogP contribution >= 0.6 is 39.0 Å². The molecule has 0 bridgehead atoms. The number of thioether (sulfide) groups is 1. The molecule has 0 aliphatic carbocycles. The maximum absolute atomic E-state index is 3.54. The van der Waals surface area contributed by atoms with Crippen molar-refractivity contribution >= 4 is 43.9 Å². The third kappa shape index (κ3) is 4.15. The second kappa shape index (κ2) is 7.01. The first-order valence-electron chi connectivity index (χ1n) is 6.42. The van der Waals surface area contributed by atoms with E-state index >= 15 is 0 Å². The minimum atomic E-state index is 0.836. The van der Waals surface area contributed by atoms with Gasteiger partial charge in [0.15, 0.2) is 0 Å². The summed E-state index contributed by atoms with van der Waals surface area (Å²) in [6.07, 6.45) is 10.6. The molecule has 0 amide bonds. The largest absolute Gasteiger partial charge is 0.128 e. The number of hydrogen-bond donors (Lipinski definition) is 0. The summed E-state index contributed by atoms with van der Waals surface area (Å²) in [7, 11) is 0. The van der Waals surface area contributed by atoms with Gasteiger partial charge in [-0.25, -0.2) is 0 Å². The summed E-state index contributed by atoms with van der Waals surface area (Å²) in [4.78, 5) is 2.93. The number of thiophene rings is 1. The van der Waals surface area contributed by atoms with Crippen LogP contribution in [-0.4, -0.2) is 5.25 Å². The average Bonchev–Trinajstić information content (AvgIpc) is 2.93. The molecule has 0 radical (unpaired) electrons. The summed E-state index contributed by atoms with van der Waals surface area (Å²) in [6.45, 7) is 2.28. The Kier molecular flexibility index (Phi) is 5.64. The molecule has 94 valence electrons. The Hall–Kier alpha value is 0.270. The van der Waals surface area contributed by atoms with E-state index in [4.69, 9.17) is 0 Å². The normalized spacial score (nSPS) is 19.6. The molecular formula is C14H19BrS2. The van der Waals surface area contributed by atoms with Crippen LogP contribution in [0.15, 0.2) is 22.0 Å². The molecule has 0 saturated carbocycles. The van der Waals surface area contributed by atoms with Crippen LogP contribution in [0.5, 0.6) is 0 Å². The number of hydrogen-bond acceptors (Lipinski definition) is 2. The van der Waals surface area contributed by atoms with Crippen LogP contribution in [-0.2, 0) is 0 Å². The van der Waals surface area contributed by atoms with Gasteiger partial charge in [0, 0.05) is 15.0 Å². The first-order chi connectivity index (χ1) is 8.29. The molecule has 0 fully saturated rings. The van der Waals surface area contributed by atoms with Gasteiger partial charge in [-0.3, -0.25) is 0 Å². The molecule has 3 heteroatoms. The zero-order valence-corrected chi connectivity index (χ0v) is 13.5. The van der Waals surface area contributed by atoms with Crippen molar-refractivity contribution < 1.29 is 0 Å². The topological polar surface area (TPSA) is 0 Å². The molecule has 17 heavy (non-hydrogen) atoms. The molecule has 1 aliphatic heterocycles. The summed E-state index contributed by atoms with van der Waals surface area (Å²) in [5.41, 5.74) is 0. The molecule has 1 aromatic heterocycles. The lowest BCUT2D eigenvalue weighted by Crippen LogP contribution is -1.96. The molecule has 0 spiro atoms. The number of halogens is 1. The van der Waals surface area contributed by atoms with Gasteiger partial charge < -0.3 is 0 Å². The van der Waals surface area contributed by atoms with Crippen molar-refractivity contribution in [1.82, 2.24) is 0 Å². The van der Waals surface area contributed by atoms with Crippen molar-refractivity contribution in [1.29, 1.82) is 0 Å². The fraction of sp³-hybridized carbons (Fsp3) is 0.571. The number of unbranched alkanes of at least 4 members (excludes halogenated alkanes) is 3. The van der Waals surface area contributed by atoms with Crippen LogP contribution in [0.1, 0.15) is 50.3 Å². The van der Waals surface area contributed by atoms with E-state index in [0.717, 1.165) is 5.25 Å². The van der Waals surface area contributed by atoms with Gasteiger partial charge in [0.2, 0.25) is 0 Å². The molecule has 1 aliphatic rings. The predicted octanol–water partition coefficient (Wildman–Crippen LogP) is 6.33. The fourth-order valence-corrected chi connectivity index (χ4v) is 4.90. The molecule has 1 unspecified atom stereocenters. The van der Waals surface area contributed by atoms with Crippen LogP contribution in [0.25, 0.3) is 4.91 Å². The predicted molar refractivity (Wildman–Crippen MR) is 84.8 cm³/mol. The van der Waals surface area contributed by atoms with E-state index in [1.165, 1.54) is 52.1 Å². The van der Waals surface area contributed by atoms with Crippen LogP contribution in [0, 0.1) is 0 Å². The Morgan fingerprint density at radius 3 is 2.88 bits per heavy atom. The molecule has 1 aromatic rings. The minimum absolute atomic E-state index is 0.836. The zero-order valence-electron chi connectivity index (χ0n) is 10.2. The van der Waals surface area contributed by atoms with E-state index in [-0.39, 0.29) is 0 Å². The lowest BCUT2D eigenvalue weighted by atomic mass is 10.1. The Bertz CT molecular complexity index is 381. The quantitative estimate of drug-likeness (QED) is 0.549. The first-order valence-corrected chi connectivity index (χ1v) is 8.91. The van der Waals surface area contributed by atoms with Gasteiger partial charge >= 0.3 is 0 Å². The smallest absolute Gasteiger partial charge is 0.0705 e. The van der Waals surface area contributed by atoms with Gasteiger partial charge in [0.1, 0.15) is 0 Å². The summed E-state index contributed by atoms with van der Waals surface area (Å²) >= 11 is 7.47. The van der Waals surface area contributed by atoms with E-state index in [1.807, 2.05) is 11.3 Å². The van der Waals surface area contributed by atoms with Gasteiger partial charge in [-0.05, 0) is 40.9 Å². The highest BCUT2D eigenvalue weighted by atomic mass is 79.9. The van der Waals surface area contributed by atoms with Crippen LogP contribution in [0.4, 0.5) is 0 Å². The van der Waals surface area contributed by atoms with Gasteiger partial charge in [-0.15, -0.1) is 23.1 Å². The van der Waals surface area contributed by atoms with Crippen molar-refractivity contribution in [2.75, 3.05) is 0 Å². The van der Waals surface area contributed by atoms with E-state index in [0.29, 0.717) is 0 Å². The summed E-state index contributed by atoms with van der Waals surface area (Å²) in [5.74, 6) is 0. The minimum Gasteiger partial charge on any atom is -0.128 e. The van der Waals surface area contributed by atoms with Gasteiger partial charge in [0.25, 0.3) is 0 Å². The number of allylic oxidation sites excluding steroid dienone is 1. The van der Waals surface area contributed by atoms with Crippen LogP contribution in [0.3, 0.4) is 0 Å². The van der Waals surface area contributed by atoms with E-state index in [9.17, 15) is 0 Å². The van der Waals surface area contributed by atoms with Gasteiger partial charge in [-0.1, -0.05) is 38.7 Å². The third-order valence-corrected chi connectivity index (χ3v) is 6.24. The third-order valence-electron chi connectivity index (χ3n) is 3.06. The SMILES string of the molecule is CCCCCCC1CC=C(c2ccc(Br)s2)S1. The fourth-order valence-electron chi connectivity index (χ4n) is 2.10. The highest BCUT2D eigenvalue weighted by molar-refractivity contribution is 9.11. The van der Waals surface area contributed by atoms with Crippen molar-refractivity contribution in [2.45, 2.75) is 50.7 Å². The first kappa shape index (κ1) is 13.7. The van der Waals surface area contributed by atoms with Crippen molar-refractivity contribution in [3.63, 3.8) is 0 Å². The van der Waals surface area contributed by atoms with Gasteiger partial charge in [-0.2, -0.15) is 0 Å². The number of rotatable bonds is 6. The second-order valence-electron chi connectivity index (χ2n) is 4.50. The Morgan fingerprint density at radius 2 is 2.18 bits per heavy atom. The van der Waals surface area contributed by atoms with Crippen LogP contribution in [0.2, 0.25) is 0 Å². The molecule has 0 N–H and O–H groups in total. The average molecular weight is 331 g/mol. The zero-order chi connectivity index (χ0) is 12.1. The van der Waals surface area contributed by atoms with Crippen LogP contribution < -0.4 is 0 Å². The molecule has 0 saturated heterocycles. The molecule has 2 heterocycles. The van der Waals surface area contributed by atoms with Crippen molar-refractivity contribution in [2.24, 2.45) is 0 Å². The van der Waals surface area contributed by atoms with Gasteiger partial charge in [0.05, 0.1) is 3.79 Å². The lowest BCUT2D eigenvalue weighted by Gasteiger charge is -2.08. The van der Waals surface area contributed by atoms with Crippen molar-refractivity contribution in [3.8, 4) is 0 Å². The summed E-state index contributed by atoms with van der Waals surface area (Å²) in [5, 5.41) is 0.836. The Morgan fingerprint density at radius 1 is 1.29 bits per heavy atom. The highest BCUT2D eigenvalue weighted by Crippen LogP contribution is 2.44. The summed E-state index contributed by atoms with van der Waals surface area (Å²) < 4.78 is 1.24. The van der Waals surface area contributed by atoms with E-state index < -0.39 is 0 Å². The molecular weight excluding hydrogens is 312 g/mol.